The standard InChI is InChI=1S/C9H17NO3/c1-4-12-9(11)8-7(3)13-6(2)5-10-8/h6-8,10H,4-5H2,1-3H3/t6-,7-,8?/m1/s1. The fourth-order valence-corrected chi connectivity index (χ4v) is 1.46. The minimum Gasteiger partial charge on any atom is -0.465 e. The average molecular weight is 187 g/mol. The molecule has 1 heterocycles. The Morgan fingerprint density at radius 1 is 1.62 bits per heavy atom. The Hall–Kier alpha value is -0.610. The molecule has 1 fully saturated rings. The lowest BCUT2D eigenvalue weighted by molar-refractivity contribution is -0.154. The van der Waals surface area contributed by atoms with Gasteiger partial charge in [0.05, 0.1) is 18.8 Å². The summed E-state index contributed by atoms with van der Waals surface area (Å²) in [5.74, 6) is -0.220. The molecule has 0 spiro atoms. The summed E-state index contributed by atoms with van der Waals surface area (Å²) in [7, 11) is 0. The van der Waals surface area contributed by atoms with Gasteiger partial charge < -0.3 is 9.47 Å². The van der Waals surface area contributed by atoms with E-state index in [1.807, 2.05) is 13.8 Å². The highest BCUT2D eigenvalue weighted by atomic mass is 16.5. The van der Waals surface area contributed by atoms with Crippen LogP contribution in [0.3, 0.4) is 0 Å². The molecule has 0 aliphatic carbocycles. The lowest BCUT2D eigenvalue weighted by Gasteiger charge is -2.32. The fraction of sp³-hybridized carbons (Fsp3) is 0.889. The molecule has 0 amide bonds. The van der Waals surface area contributed by atoms with Crippen molar-refractivity contribution in [2.75, 3.05) is 13.2 Å². The number of morpholine rings is 1. The van der Waals surface area contributed by atoms with Gasteiger partial charge in [0.15, 0.2) is 0 Å². The number of ether oxygens (including phenoxy) is 2. The molecule has 1 unspecified atom stereocenters. The number of hydrogen-bond donors (Lipinski definition) is 1. The summed E-state index contributed by atoms with van der Waals surface area (Å²) in [6, 6.07) is -0.309. The van der Waals surface area contributed by atoms with Crippen LogP contribution in [0.4, 0.5) is 0 Å². The molecule has 1 rings (SSSR count). The highest BCUT2D eigenvalue weighted by Gasteiger charge is 2.31. The molecule has 0 aromatic heterocycles. The number of carbonyl (C=O) groups is 1. The maximum atomic E-state index is 11.4. The Bertz CT molecular complexity index is 184. The van der Waals surface area contributed by atoms with Crippen LogP contribution in [-0.2, 0) is 14.3 Å². The van der Waals surface area contributed by atoms with Crippen LogP contribution in [0.2, 0.25) is 0 Å². The van der Waals surface area contributed by atoms with Crippen LogP contribution < -0.4 is 5.32 Å². The molecule has 1 aliphatic heterocycles. The van der Waals surface area contributed by atoms with E-state index in [2.05, 4.69) is 5.32 Å². The van der Waals surface area contributed by atoms with Crippen LogP contribution in [0.25, 0.3) is 0 Å². The lowest BCUT2D eigenvalue weighted by atomic mass is 10.1. The van der Waals surface area contributed by atoms with Gasteiger partial charge >= 0.3 is 5.97 Å². The molecule has 4 heteroatoms. The molecule has 0 bridgehead atoms. The number of rotatable bonds is 2. The molecule has 1 N–H and O–H groups in total. The number of esters is 1. The van der Waals surface area contributed by atoms with Gasteiger partial charge in [-0.25, -0.2) is 0 Å². The molecule has 0 aromatic carbocycles. The van der Waals surface area contributed by atoms with Gasteiger partial charge in [-0.2, -0.15) is 0 Å². The van der Waals surface area contributed by atoms with Crippen molar-refractivity contribution >= 4 is 5.97 Å². The minimum atomic E-state index is -0.309. The third kappa shape index (κ3) is 2.67. The summed E-state index contributed by atoms with van der Waals surface area (Å²) in [5.41, 5.74) is 0. The van der Waals surface area contributed by atoms with Crippen molar-refractivity contribution in [3.63, 3.8) is 0 Å². The molecule has 0 aromatic rings. The van der Waals surface area contributed by atoms with Crippen LogP contribution in [0.5, 0.6) is 0 Å². The maximum Gasteiger partial charge on any atom is 0.325 e. The number of carbonyl (C=O) groups excluding carboxylic acids is 1. The van der Waals surface area contributed by atoms with Crippen molar-refractivity contribution in [3.05, 3.63) is 0 Å². The van der Waals surface area contributed by atoms with Gasteiger partial charge in [-0.15, -0.1) is 0 Å². The summed E-state index contributed by atoms with van der Waals surface area (Å²) in [4.78, 5) is 11.4. The van der Waals surface area contributed by atoms with Crippen molar-refractivity contribution in [3.8, 4) is 0 Å². The smallest absolute Gasteiger partial charge is 0.325 e. The zero-order chi connectivity index (χ0) is 9.84. The van der Waals surface area contributed by atoms with E-state index in [0.29, 0.717) is 13.2 Å². The van der Waals surface area contributed by atoms with Crippen LogP contribution in [-0.4, -0.2) is 37.4 Å². The molecule has 0 radical (unpaired) electrons. The topological polar surface area (TPSA) is 47.6 Å². The average Bonchev–Trinajstić information content (AvgIpc) is 2.04. The van der Waals surface area contributed by atoms with Crippen molar-refractivity contribution in [1.29, 1.82) is 0 Å². The Morgan fingerprint density at radius 2 is 2.31 bits per heavy atom. The Labute approximate surface area is 78.6 Å². The van der Waals surface area contributed by atoms with E-state index in [1.165, 1.54) is 0 Å². The first kappa shape index (κ1) is 10.5. The van der Waals surface area contributed by atoms with Gasteiger partial charge in [-0.3, -0.25) is 10.1 Å². The Morgan fingerprint density at radius 3 is 2.85 bits per heavy atom. The molecule has 76 valence electrons. The van der Waals surface area contributed by atoms with Gasteiger partial charge in [-0.05, 0) is 20.8 Å². The second-order valence-electron chi connectivity index (χ2n) is 3.29. The monoisotopic (exact) mass is 187 g/mol. The molecular formula is C9H17NO3. The lowest BCUT2D eigenvalue weighted by Crippen LogP contribution is -2.54. The van der Waals surface area contributed by atoms with Gasteiger partial charge in [0.1, 0.15) is 6.04 Å². The molecule has 1 aliphatic rings. The third-order valence-corrected chi connectivity index (χ3v) is 2.08. The minimum absolute atomic E-state index is 0.109. The Balaban J connectivity index is 2.45. The summed E-state index contributed by atoms with van der Waals surface area (Å²) < 4.78 is 10.4. The summed E-state index contributed by atoms with van der Waals surface area (Å²) >= 11 is 0. The SMILES string of the molecule is CCOC(=O)C1NC[C@@H](C)O[C@@H]1C. The van der Waals surface area contributed by atoms with Crippen molar-refractivity contribution in [2.24, 2.45) is 0 Å². The molecule has 3 atom stereocenters. The van der Waals surface area contributed by atoms with Gasteiger partial charge in [-0.1, -0.05) is 0 Å². The van der Waals surface area contributed by atoms with E-state index in [1.54, 1.807) is 6.92 Å². The van der Waals surface area contributed by atoms with Crippen LogP contribution in [0.1, 0.15) is 20.8 Å². The normalized spacial score (nSPS) is 34.2. The highest BCUT2D eigenvalue weighted by molar-refractivity contribution is 5.76. The number of nitrogens with one attached hydrogen (secondary N) is 1. The first-order chi connectivity index (χ1) is 6.15. The molecule has 13 heavy (non-hydrogen) atoms. The van der Waals surface area contributed by atoms with E-state index in [4.69, 9.17) is 9.47 Å². The van der Waals surface area contributed by atoms with Gasteiger partial charge in [0.2, 0.25) is 0 Å². The van der Waals surface area contributed by atoms with Crippen LogP contribution >= 0.6 is 0 Å². The Kier molecular flexibility index (Phi) is 3.69. The summed E-state index contributed by atoms with van der Waals surface area (Å²) in [6.07, 6.45) is 0.0588. The predicted octanol–water partition coefficient (Wildman–Crippen LogP) is 0.315. The van der Waals surface area contributed by atoms with Crippen molar-refractivity contribution in [2.45, 2.75) is 39.0 Å². The highest BCUT2D eigenvalue weighted by Crippen LogP contribution is 2.10. The maximum absolute atomic E-state index is 11.4. The predicted molar refractivity (Wildman–Crippen MR) is 48.4 cm³/mol. The largest absolute Gasteiger partial charge is 0.465 e. The zero-order valence-corrected chi connectivity index (χ0v) is 8.37. The summed E-state index contributed by atoms with van der Waals surface area (Å²) in [6.45, 7) is 6.77. The van der Waals surface area contributed by atoms with Crippen molar-refractivity contribution in [1.82, 2.24) is 5.32 Å². The fourth-order valence-electron chi connectivity index (χ4n) is 1.46. The number of hydrogen-bond acceptors (Lipinski definition) is 4. The third-order valence-electron chi connectivity index (χ3n) is 2.08. The second kappa shape index (κ2) is 4.58. The second-order valence-corrected chi connectivity index (χ2v) is 3.29. The molecular weight excluding hydrogens is 170 g/mol. The van der Waals surface area contributed by atoms with E-state index in [0.717, 1.165) is 0 Å². The molecule has 4 nitrogen and oxygen atoms in total. The van der Waals surface area contributed by atoms with E-state index in [9.17, 15) is 4.79 Å². The zero-order valence-electron chi connectivity index (χ0n) is 8.37. The van der Waals surface area contributed by atoms with E-state index < -0.39 is 0 Å². The van der Waals surface area contributed by atoms with Gasteiger partial charge in [0, 0.05) is 6.54 Å². The van der Waals surface area contributed by atoms with Crippen LogP contribution in [0, 0.1) is 0 Å². The van der Waals surface area contributed by atoms with E-state index in [-0.39, 0.29) is 24.2 Å². The molecule has 0 saturated carbocycles. The quantitative estimate of drug-likeness (QED) is 0.632. The van der Waals surface area contributed by atoms with Crippen LogP contribution in [0.15, 0.2) is 0 Å². The van der Waals surface area contributed by atoms with Crippen molar-refractivity contribution < 1.29 is 14.3 Å². The molecule has 1 saturated heterocycles. The van der Waals surface area contributed by atoms with Gasteiger partial charge in [0.25, 0.3) is 0 Å². The summed E-state index contributed by atoms with van der Waals surface area (Å²) in [5, 5.41) is 3.10. The van der Waals surface area contributed by atoms with E-state index >= 15 is 0 Å². The first-order valence-electron chi connectivity index (χ1n) is 4.70. The first-order valence-corrected chi connectivity index (χ1v) is 4.70.